The molecular formula is C90H113B3F3N10O23P3S. The van der Waals surface area contributed by atoms with Crippen molar-refractivity contribution in [1.82, 2.24) is 39.5 Å². The smallest absolute Gasteiger partial charge is 0.481 e. The highest BCUT2D eigenvalue weighted by Crippen LogP contribution is 2.51. The highest BCUT2D eigenvalue weighted by Gasteiger charge is 2.57. The maximum absolute atomic E-state index is 15.8. The third-order valence-corrected chi connectivity index (χ3v) is 29.1. The summed E-state index contributed by atoms with van der Waals surface area (Å²) in [7, 11) is -17.8. The van der Waals surface area contributed by atoms with E-state index < -0.39 is 106 Å². The predicted molar refractivity (Wildman–Crippen MR) is 497 cm³/mol. The van der Waals surface area contributed by atoms with E-state index in [9.17, 15) is 50.5 Å². The number of fused-ring (bicyclic) bond motifs is 3. The quantitative estimate of drug-likeness (QED) is 0.00781. The fourth-order valence-electron chi connectivity index (χ4n) is 16.5. The lowest BCUT2D eigenvalue weighted by Gasteiger charge is -2.37. The average molecular weight is 1920 g/mol. The zero-order chi connectivity index (χ0) is 95.0. The number of carbonyl (C=O) groups is 2. The number of carbonyl (C=O) groups excluding carboxylic acids is 2. The standard InChI is InChI=1S/C45H55B3N5O10P.C39H46N5O7P.C6H12F3O6PS/c1-6-60-64(56,61-7-2)31-57-36-21-18-34(19-22-36)27-50-39(25-32-14-10-8-11-15-32)41-42(63-45(3,4)62-41)40(26-33-16-12-9-13-17-33)51(44(50)54)28-35-20-23-38-37(24-35)43(49-53(38)46(5)55)52(47-29-58-47)48-30-59-48;1-3-50-52(48,51-4-2)26-49-31-18-15-29(16-19-31)24-43-34(22-27-11-7-5-8-12-27)36(45)37(46)35(23-28-13-9-6-10-14-28)44(39(43)47)25-30-17-20-33-32(21-30)38(40)42-41-33;1-3-13-16(10,14-4-2)5-15-17(11,12)6(7,8)9/h8-24,39-42,55H,6-7,25-31H2,1-5H3;5-21,34-37,45-46H,3-4,22-26H2,1-2H3,(H3,40,41,42);3-5H2,1-2H3/t39-,40-,41+,42+;34-,35-,36+,37+;/m11./s1. The molecule has 133 heavy (non-hydrogen) atoms. The number of H-pyrrole nitrogens is 1. The van der Waals surface area contributed by atoms with Gasteiger partial charge in [-0.2, -0.15) is 31.8 Å². The Hall–Kier alpha value is -9.50. The molecule has 10 aromatic rings. The zero-order valence-electron chi connectivity index (χ0n) is 75.5. The van der Waals surface area contributed by atoms with Gasteiger partial charge in [0.15, 0.2) is 30.6 Å². The van der Waals surface area contributed by atoms with E-state index in [2.05, 4.69) is 53.8 Å². The van der Waals surface area contributed by atoms with Crippen LogP contribution in [-0.2, 0) is 126 Å². The Kier molecular flexibility index (Phi) is 34.1. The first-order chi connectivity index (χ1) is 63.7. The summed E-state index contributed by atoms with van der Waals surface area (Å²) in [6, 6.07) is 63.1. The molecule has 5 fully saturated rings. The molecule has 0 aliphatic carbocycles. The van der Waals surface area contributed by atoms with E-state index in [1.54, 1.807) is 61.0 Å². The molecule has 8 aromatic carbocycles. The number of anilines is 2. The van der Waals surface area contributed by atoms with Gasteiger partial charge >= 0.3 is 71.6 Å². The molecule has 15 rings (SSSR count). The summed E-state index contributed by atoms with van der Waals surface area (Å²) in [5, 5.41) is 48.4. The van der Waals surface area contributed by atoms with Gasteiger partial charge in [0, 0.05) is 37.0 Å². The number of halogens is 3. The van der Waals surface area contributed by atoms with Gasteiger partial charge in [-0.05, 0) is 181 Å². The van der Waals surface area contributed by atoms with Crippen molar-refractivity contribution in [2.24, 2.45) is 0 Å². The molecule has 43 heteroatoms. The van der Waals surface area contributed by atoms with Crippen molar-refractivity contribution < 1.29 is 120 Å². The highest BCUT2D eigenvalue weighted by molar-refractivity contribution is 7.87. The molecule has 0 radical (unpaired) electrons. The van der Waals surface area contributed by atoms with Gasteiger partial charge in [0.2, 0.25) is 0 Å². The lowest BCUT2D eigenvalue weighted by atomic mass is 9.76. The molecule has 6 N–H and O–H groups in total. The minimum atomic E-state index is -5.80. The molecular weight excluding hydrogens is 1800 g/mol. The molecule has 0 unspecified atom stereocenters. The summed E-state index contributed by atoms with van der Waals surface area (Å²) in [5.74, 6) is 1.04. The number of aromatic amines is 1. The van der Waals surface area contributed by atoms with Crippen molar-refractivity contribution in [2.45, 2.75) is 174 Å². The Balaban J connectivity index is 0.000000195. The van der Waals surface area contributed by atoms with Crippen molar-refractivity contribution in [1.29, 1.82) is 0 Å². The van der Waals surface area contributed by atoms with E-state index in [4.69, 9.17) is 57.2 Å². The van der Waals surface area contributed by atoms with Crippen LogP contribution in [0.2, 0.25) is 6.82 Å². The van der Waals surface area contributed by atoms with Crippen molar-refractivity contribution in [3.8, 4) is 11.5 Å². The second-order valence-corrected chi connectivity index (χ2v) is 40.3. The Bertz CT molecular complexity index is 5720. The molecule has 5 aliphatic rings. The third kappa shape index (κ3) is 26.0. The van der Waals surface area contributed by atoms with Crippen LogP contribution in [0.15, 0.2) is 206 Å². The number of urea groups is 2. The summed E-state index contributed by atoms with van der Waals surface area (Å²) in [6.07, 6.45) is -3.60. The van der Waals surface area contributed by atoms with Gasteiger partial charge < -0.3 is 101 Å². The lowest BCUT2D eigenvalue weighted by molar-refractivity contribution is -0.157. The van der Waals surface area contributed by atoms with E-state index in [1.807, 2.05) is 192 Å². The minimum Gasteiger partial charge on any atom is -0.481 e. The fraction of sp³-hybridized carbons (Fsp3) is 0.422. The van der Waals surface area contributed by atoms with E-state index in [0.29, 0.717) is 61.8 Å². The monoisotopic (exact) mass is 1920 g/mol. The van der Waals surface area contributed by atoms with Gasteiger partial charge in [-0.1, -0.05) is 158 Å². The number of alkyl halides is 3. The van der Waals surface area contributed by atoms with Crippen LogP contribution in [0.1, 0.15) is 99.9 Å². The molecule has 5 aliphatic heterocycles. The van der Waals surface area contributed by atoms with Crippen molar-refractivity contribution >= 4 is 99.6 Å². The minimum absolute atomic E-state index is 0.118. The Labute approximate surface area is 772 Å². The number of nitrogens with zero attached hydrogens (tertiary/aromatic N) is 8. The number of aliphatic hydroxyl groups is 2. The van der Waals surface area contributed by atoms with Gasteiger partial charge in [0.25, 0.3) is 0 Å². The predicted octanol–water partition coefficient (Wildman–Crippen LogP) is 14.9. The van der Waals surface area contributed by atoms with Crippen LogP contribution < -0.4 is 19.9 Å². The van der Waals surface area contributed by atoms with Crippen molar-refractivity contribution in [2.75, 3.05) is 82.2 Å². The number of rotatable bonds is 41. The average Bonchev–Trinajstić information content (AvgIpc) is 1.59. The first-order valence-corrected chi connectivity index (χ1v) is 50.8. The lowest BCUT2D eigenvalue weighted by Crippen LogP contribution is -2.51. The first-order valence-electron chi connectivity index (χ1n) is 44.2. The van der Waals surface area contributed by atoms with E-state index in [1.165, 1.54) is 13.8 Å². The molecule has 2 aromatic heterocycles. The number of aliphatic hydroxyl groups excluding tert-OH is 2. The molecule has 0 saturated carbocycles. The van der Waals surface area contributed by atoms with Crippen LogP contribution in [0.5, 0.6) is 11.5 Å². The SMILES string of the molecule is CCOP(=O)(COS(=O)(=O)C(F)(F)F)OCC.CCOP(=O)(COc1ccc(CN2C(=O)N(Cc3ccc4[nH]nc(N)c4c3)[C@H](Cc3ccccc3)[C@H](O)[C@@H](O)[C@H]2Cc2ccccc2)cc1)OCC.CCOP(=O)(COc1ccc(CN2C(=O)N(Cc3ccc4c(c3)c(N(B3CO3)B3CO3)nn4B(C)O)[C@H](Cc3ccccc3)[C@@H]3OC(C)(C)O[C@H]3[C@H]2Cc2ccccc2)cc1)OCC. The summed E-state index contributed by atoms with van der Waals surface area (Å²) >= 11 is 0. The fourth-order valence-corrected chi connectivity index (χ4v) is 21.4. The first kappa shape index (κ1) is 101. The van der Waals surface area contributed by atoms with Crippen LogP contribution >= 0.6 is 22.8 Å². The molecule has 0 bridgehead atoms. The number of aromatic nitrogens is 4. The van der Waals surface area contributed by atoms with Crippen molar-refractivity contribution in [3.63, 3.8) is 0 Å². The number of hydrogen-bond acceptors (Lipinski definition) is 27. The number of nitrogens with two attached hydrogens (primary N) is 1. The number of amides is 4. The maximum Gasteiger partial charge on any atom is 0.523 e. The van der Waals surface area contributed by atoms with Crippen LogP contribution in [0.25, 0.3) is 21.8 Å². The maximum atomic E-state index is 15.8. The molecule has 5 saturated heterocycles. The second kappa shape index (κ2) is 45.0. The van der Waals surface area contributed by atoms with E-state index in [-0.39, 0.29) is 105 Å². The summed E-state index contributed by atoms with van der Waals surface area (Å²) in [5.41, 5.74) is 9.40. The molecule has 712 valence electrons. The number of hydrogen-bond donors (Lipinski definition) is 5. The summed E-state index contributed by atoms with van der Waals surface area (Å²) in [4.78, 5) is 38.1. The number of nitrogens with one attached hydrogen (secondary N) is 1. The number of nitrogen functional groups attached to an aromatic ring is 1. The molecule has 4 amide bonds. The van der Waals surface area contributed by atoms with Gasteiger partial charge in [0.05, 0.1) is 87.9 Å². The molecule has 8 atom stereocenters. The molecule has 33 nitrogen and oxygen atoms in total. The highest BCUT2D eigenvalue weighted by atomic mass is 32.2. The largest absolute Gasteiger partial charge is 0.523 e. The normalized spacial score (nSPS) is 19.8. The van der Waals surface area contributed by atoms with E-state index in [0.717, 1.165) is 66.3 Å². The Morgan fingerprint density at radius 1 is 0.511 bits per heavy atom. The topological polar surface area (TPSA) is 395 Å². The van der Waals surface area contributed by atoms with Gasteiger partial charge in [0.1, 0.15) is 41.7 Å². The van der Waals surface area contributed by atoms with Gasteiger partial charge in [-0.25, -0.2) is 9.59 Å². The third-order valence-electron chi connectivity index (χ3n) is 22.7. The van der Waals surface area contributed by atoms with Crippen molar-refractivity contribution in [3.05, 3.63) is 251 Å². The number of ether oxygens (including phenoxy) is 4. The van der Waals surface area contributed by atoms with Gasteiger partial charge in [-0.15, -0.1) is 0 Å². The molecule has 0 spiro atoms. The van der Waals surface area contributed by atoms with Gasteiger partial charge in [-0.3, -0.25) is 27.6 Å². The van der Waals surface area contributed by atoms with Crippen LogP contribution in [0.4, 0.5) is 34.4 Å². The van der Waals surface area contributed by atoms with Crippen LogP contribution in [0, 0.1) is 0 Å². The molecule has 7 heterocycles. The Morgan fingerprint density at radius 3 is 1.21 bits per heavy atom. The summed E-state index contributed by atoms with van der Waals surface area (Å²) < 4.78 is 169. The van der Waals surface area contributed by atoms with Crippen LogP contribution in [-0.4, -0.2) is 228 Å². The number of benzene rings is 8. The van der Waals surface area contributed by atoms with E-state index >= 15 is 9.59 Å². The zero-order valence-corrected chi connectivity index (χ0v) is 79.0. The second-order valence-electron chi connectivity index (χ2n) is 32.7. The Morgan fingerprint density at radius 2 is 0.850 bits per heavy atom. The van der Waals surface area contributed by atoms with Crippen LogP contribution in [0.3, 0.4) is 0 Å². The summed E-state index contributed by atoms with van der Waals surface area (Å²) in [6.45, 7) is 18.0.